The lowest BCUT2D eigenvalue weighted by Gasteiger charge is -2.07. The van der Waals surface area contributed by atoms with Gasteiger partial charge in [0.05, 0.1) is 6.61 Å². The molecule has 44 valence electrons. The third-order valence-electron chi connectivity index (χ3n) is 0.898. The minimum Gasteiger partial charge on any atom is -0.395 e. The first-order valence-electron chi connectivity index (χ1n) is 2.43. The van der Waals surface area contributed by atoms with Crippen LogP contribution in [0.3, 0.4) is 0 Å². The Morgan fingerprint density at radius 2 is 2.00 bits per heavy atom. The van der Waals surface area contributed by atoms with Crippen LogP contribution in [0.5, 0.6) is 0 Å². The minimum atomic E-state index is 0.234. The van der Waals surface area contributed by atoms with Gasteiger partial charge in [0.15, 0.2) is 0 Å². The average Bonchev–Trinajstić information content (AvgIpc) is 1.65. The lowest BCUT2D eigenvalue weighted by molar-refractivity contribution is 0.277. The molecule has 0 aliphatic rings. The van der Waals surface area contributed by atoms with Gasteiger partial charge in [0.1, 0.15) is 0 Å². The molecule has 1 nitrogen and oxygen atoms in total. The number of hydrogen-bond donors (Lipinski definition) is 1. The molecular weight excluding hydrogens is 156 g/mol. The van der Waals surface area contributed by atoms with Crippen LogP contribution in [0.4, 0.5) is 0 Å². The third kappa shape index (κ3) is 3.06. The molecule has 0 rings (SSSR count). The maximum Gasteiger partial charge on any atom is 0.0558 e. The summed E-state index contributed by atoms with van der Waals surface area (Å²) >= 11 is 3.29. The summed E-state index contributed by atoms with van der Waals surface area (Å²) in [5, 5.41) is 8.46. The minimum absolute atomic E-state index is 0.234. The maximum absolute atomic E-state index is 8.46. The molecule has 0 aromatic carbocycles. The Bertz CT molecular complexity index is 45.3. The molecule has 0 saturated heterocycles. The van der Waals surface area contributed by atoms with Crippen LogP contribution in [0.1, 0.15) is 13.8 Å². The highest BCUT2D eigenvalue weighted by Gasteiger charge is 2.04. The second-order valence-electron chi connectivity index (χ2n) is 1.94. The highest BCUT2D eigenvalue weighted by atomic mass is 79.9. The van der Waals surface area contributed by atoms with Crippen LogP contribution in [0.2, 0.25) is 0 Å². The summed E-state index contributed by atoms with van der Waals surface area (Å²) in [4.78, 5) is 0.271. The SMILES string of the molecule is CC(C)[C@@H](Br)CO. The van der Waals surface area contributed by atoms with Gasteiger partial charge >= 0.3 is 0 Å². The van der Waals surface area contributed by atoms with Crippen molar-refractivity contribution in [2.24, 2.45) is 5.92 Å². The predicted molar refractivity (Wildman–Crippen MR) is 34.6 cm³/mol. The van der Waals surface area contributed by atoms with Gasteiger partial charge in [0, 0.05) is 4.83 Å². The number of alkyl halides is 1. The van der Waals surface area contributed by atoms with E-state index in [9.17, 15) is 0 Å². The maximum atomic E-state index is 8.46. The molecule has 0 aromatic heterocycles. The summed E-state index contributed by atoms with van der Waals surface area (Å²) in [5.74, 6) is 0.532. The molecular formula is C5H11BrO. The Morgan fingerprint density at radius 1 is 1.57 bits per heavy atom. The molecule has 0 radical (unpaired) electrons. The molecule has 0 unspecified atom stereocenters. The second kappa shape index (κ2) is 3.44. The lowest BCUT2D eigenvalue weighted by Crippen LogP contribution is -2.10. The van der Waals surface area contributed by atoms with E-state index in [2.05, 4.69) is 29.8 Å². The van der Waals surface area contributed by atoms with Crippen LogP contribution in [0.15, 0.2) is 0 Å². The lowest BCUT2D eigenvalue weighted by atomic mass is 10.1. The zero-order chi connectivity index (χ0) is 5.86. The Balaban J connectivity index is 3.14. The molecule has 7 heavy (non-hydrogen) atoms. The van der Waals surface area contributed by atoms with Crippen molar-refractivity contribution in [3.8, 4) is 0 Å². The van der Waals surface area contributed by atoms with E-state index < -0.39 is 0 Å². The molecule has 1 N–H and O–H groups in total. The van der Waals surface area contributed by atoms with Crippen molar-refractivity contribution in [1.29, 1.82) is 0 Å². The summed E-state index contributed by atoms with van der Waals surface area (Å²) in [6.45, 7) is 4.36. The van der Waals surface area contributed by atoms with Gasteiger partial charge in [-0.1, -0.05) is 29.8 Å². The molecule has 1 atom stereocenters. The van der Waals surface area contributed by atoms with Crippen LogP contribution in [0, 0.1) is 5.92 Å². The van der Waals surface area contributed by atoms with Gasteiger partial charge in [0.2, 0.25) is 0 Å². The van der Waals surface area contributed by atoms with E-state index in [4.69, 9.17) is 5.11 Å². The molecule has 0 saturated carbocycles. The van der Waals surface area contributed by atoms with Crippen LogP contribution in [0.25, 0.3) is 0 Å². The average molecular weight is 167 g/mol. The van der Waals surface area contributed by atoms with Crippen molar-refractivity contribution in [3.63, 3.8) is 0 Å². The summed E-state index contributed by atoms with van der Waals surface area (Å²) in [5.41, 5.74) is 0. The van der Waals surface area contributed by atoms with Gasteiger partial charge in [-0.25, -0.2) is 0 Å². The van der Waals surface area contributed by atoms with E-state index in [1.54, 1.807) is 0 Å². The van der Waals surface area contributed by atoms with Crippen LogP contribution >= 0.6 is 15.9 Å². The standard InChI is InChI=1S/C5H11BrO/c1-4(2)5(6)3-7/h4-5,7H,3H2,1-2H3/t5-/m0/s1. The normalized spacial score (nSPS) is 15.0. The largest absolute Gasteiger partial charge is 0.395 e. The van der Waals surface area contributed by atoms with Crippen molar-refractivity contribution in [2.75, 3.05) is 6.61 Å². The van der Waals surface area contributed by atoms with Gasteiger partial charge < -0.3 is 5.11 Å². The van der Waals surface area contributed by atoms with Crippen LogP contribution in [-0.2, 0) is 0 Å². The van der Waals surface area contributed by atoms with E-state index in [-0.39, 0.29) is 11.4 Å². The van der Waals surface area contributed by atoms with E-state index in [1.807, 2.05) is 0 Å². The van der Waals surface area contributed by atoms with Crippen LogP contribution in [-0.4, -0.2) is 16.5 Å². The molecule has 0 bridgehead atoms. The number of rotatable bonds is 2. The fourth-order valence-corrected chi connectivity index (χ4v) is 0.211. The second-order valence-corrected chi connectivity index (χ2v) is 3.12. The fourth-order valence-electron chi connectivity index (χ4n) is 0.211. The highest BCUT2D eigenvalue weighted by molar-refractivity contribution is 9.09. The van der Waals surface area contributed by atoms with Crippen molar-refractivity contribution in [3.05, 3.63) is 0 Å². The fraction of sp³-hybridized carbons (Fsp3) is 1.00. The Hall–Kier alpha value is 0.440. The molecule has 0 aliphatic heterocycles. The monoisotopic (exact) mass is 166 g/mol. The third-order valence-corrected chi connectivity index (χ3v) is 2.24. The van der Waals surface area contributed by atoms with E-state index in [1.165, 1.54) is 0 Å². The smallest absolute Gasteiger partial charge is 0.0558 e. The number of halogens is 1. The van der Waals surface area contributed by atoms with Gasteiger partial charge in [-0.05, 0) is 5.92 Å². The van der Waals surface area contributed by atoms with Gasteiger partial charge in [-0.2, -0.15) is 0 Å². The molecule has 0 spiro atoms. The molecule has 0 aromatic rings. The zero-order valence-corrected chi connectivity index (χ0v) is 6.27. The molecule has 0 fully saturated rings. The van der Waals surface area contributed by atoms with E-state index in [0.29, 0.717) is 5.92 Å². The Kier molecular flexibility index (Phi) is 3.66. The van der Waals surface area contributed by atoms with E-state index in [0.717, 1.165) is 0 Å². The first kappa shape index (κ1) is 7.44. The highest BCUT2D eigenvalue weighted by Crippen LogP contribution is 2.09. The number of aliphatic hydroxyl groups is 1. The van der Waals surface area contributed by atoms with Gasteiger partial charge in [-0.15, -0.1) is 0 Å². The Morgan fingerprint density at radius 3 is 2.00 bits per heavy atom. The van der Waals surface area contributed by atoms with Crippen molar-refractivity contribution in [2.45, 2.75) is 18.7 Å². The summed E-state index contributed by atoms with van der Waals surface area (Å²) in [6.07, 6.45) is 0. The van der Waals surface area contributed by atoms with Crippen molar-refractivity contribution >= 4 is 15.9 Å². The quantitative estimate of drug-likeness (QED) is 0.616. The zero-order valence-electron chi connectivity index (χ0n) is 4.69. The van der Waals surface area contributed by atoms with E-state index >= 15 is 0 Å². The topological polar surface area (TPSA) is 20.2 Å². The Labute approximate surface area is 52.9 Å². The van der Waals surface area contributed by atoms with Crippen molar-refractivity contribution < 1.29 is 5.11 Å². The summed E-state index contributed by atoms with van der Waals surface area (Å²) < 4.78 is 0. The number of aliphatic hydroxyl groups excluding tert-OH is 1. The van der Waals surface area contributed by atoms with Crippen LogP contribution < -0.4 is 0 Å². The van der Waals surface area contributed by atoms with Gasteiger partial charge in [-0.3, -0.25) is 0 Å². The molecule has 0 heterocycles. The number of hydrogen-bond acceptors (Lipinski definition) is 1. The summed E-state index contributed by atoms with van der Waals surface area (Å²) in [7, 11) is 0. The molecule has 0 amide bonds. The first-order chi connectivity index (χ1) is 3.18. The summed E-state index contributed by atoms with van der Waals surface area (Å²) in [6, 6.07) is 0. The molecule has 0 aliphatic carbocycles. The first-order valence-corrected chi connectivity index (χ1v) is 3.35. The molecule has 2 heteroatoms. The van der Waals surface area contributed by atoms with Crippen molar-refractivity contribution in [1.82, 2.24) is 0 Å². The van der Waals surface area contributed by atoms with Gasteiger partial charge in [0.25, 0.3) is 0 Å². The predicted octanol–water partition coefficient (Wildman–Crippen LogP) is 1.40.